The standard InChI is InChI=1S/C10H22BN3O3/c12-6-2-1-4-8(13)10(15)14-7-3-5-9(14)11(16)17/h8-9,16-17H,1-7,12-13H2/t8?,9-/m0/s1. The maximum absolute atomic E-state index is 12.0. The summed E-state index contributed by atoms with van der Waals surface area (Å²) in [6.45, 7) is 1.16. The molecule has 0 aromatic rings. The van der Waals surface area contributed by atoms with E-state index in [9.17, 15) is 14.8 Å². The molecular formula is C10H22BN3O3. The summed E-state index contributed by atoms with van der Waals surface area (Å²) < 4.78 is 0. The van der Waals surface area contributed by atoms with Crippen molar-refractivity contribution in [2.24, 2.45) is 11.5 Å². The van der Waals surface area contributed by atoms with Gasteiger partial charge in [-0.15, -0.1) is 0 Å². The molecule has 17 heavy (non-hydrogen) atoms. The number of amides is 1. The molecule has 0 aromatic heterocycles. The average molecular weight is 243 g/mol. The second-order valence-electron chi connectivity index (χ2n) is 4.55. The molecule has 1 rings (SSSR count). The highest BCUT2D eigenvalue weighted by molar-refractivity contribution is 6.43. The van der Waals surface area contributed by atoms with Crippen LogP contribution in [0.2, 0.25) is 0 Å². The van der Waals surface area contributed by atoms with E-state index in [0.717, 1.165) is 19.3 Å². The Hall–Kier alpha value is -0.625. The van der Waals surface area contributed by atoms with Gasteiger partial charge in [0, 0.05) is 6.54 Å². The number of hydrogen-bond acceptors (Lipinski definition) is 5. The second-order valence-corrected chi connectivity index (χ2v) is 4.55. The summed E-state index contributed by atoms with van der Waals surface area (Å²) in [4.78, 5) is 13.5. The van der Waals surface area contributed by atoms with Gasteiger partial charge in [-0.05, 0) is 32.2 Å². The van der Waals surface area contributed by atoms with Gasteiger partial charge in [-0.1, -0.05) is 6.42 Å². The molecule has 1 aliphatic rings. The third-order valence-electron chi connectivity index (χ3n) is 3.21. The molecular weight excluding hydrogens is 221 g/mol. The van der Waals surface area contributed by atoms with Crippen molar-refractivity contribution in [2.75, 3.05) is 13.1 Å². The molecule has 1 aliphatic heterocycles. The lowest BCUT2D eigenvalue weighted by Gasteiger charge is -2.26. The van der Waals surface area contributed by atoms with Gasteiger partial charge in [0.25, 0.3) is 0 Å². The smallest absolute Gasteiger partial charge is 0.426 e. The molecule has 0 saturated carbocycles. The number of rotatable bonds is 6. The summed E-state index contributed by atoms with van der Waals surface area (Å²) in [6.07, 6.45) is 3.69. The number of unbranched alkanes of at least 4 members (excludes halogenated alkanes) is 1. The van der Waals surface area contributed by atoms with Crippen LogP contribution in [0.3, 0.4) is 0 Å². The Labute approximate surface area is 102 Å². The van der Waals surface area contributed by atoms with E-state index in [1.54, 1.807) is 0 Å². The van der Waals surface area contributed by atoms with E-state index in [0.29, 0.717) is 25.9 Å². The first kappa shape index (κ1) is 14.4. The van der Waals surface area contributed by atoms with Gasteiger partial charge in [-0.25, -0.2) is 0 Å². The highest BCUT2D eigenvalue weighted by Gasteiger charge is 2.38. The van der Waals surface area contributed by atoms with Crippen LogP contribution in [-0.4, -0.2) is 53.0 Å². The van der Waals surface area contributed by atoms with Gasteiger partial charge >= 0.3 is 7.12 Å². The lowest BCUT2D eigenvalue weighted by Crippen LogP contribution is -2.51. The van der Waals surface area contributed by atoms with Crippen LogP contribution in [0.5, 0.6) is 0 Å². The summed E-state index contributed by atoms with van der Waals surface area (Å²) in [7, 11) is -1.47. The summed E-state index contributed by atoms with van der Waals surface area (Å²) >= 11 is 0. The number of nitrogens with zero attached hydrogens (tertiary/aromatic N) is 1. The largest absolute Gasteiger partial charge is 0.475 e. The van der Waals surface area contributed by atoms with Gasteiger partial charge in [0.05, 0.1) is 12.0 Å². The number of carbonyl (C=O) groups excluding carboxylic acids is 1. The lowest BCUT2D eigenvalue weighted by molar-refractivity contribution is -0.132. The zero-order valence-corrected chi connectivity index (χ0v) is 10.1. The van der Waals surface area contributed by atoms with Crippen molar-refractivity contribution in [3.05, 3.63) is 0 Å². The Morgan fingerprint density at radius 2 is 2.18 bits per heavy atom. The Morgan fingerprint density at radius 1 is 1.47 bits per heavy atom. The minimum Gasteiger partial charge on any atom is -0.426 e. The van der Waals surface area contributed by atoms with E-state index >= 15 is 0 Å². The van der Waals surface area contributed by atoms with Gasteiger partial charge in [0.1, 0.15) is 0 Å². The van der Waals surface area contributed by atoms with Crippen LogP contribution in [-0.2, 0) is 4.79 Å². The first-order chi connectivity index (χ1) is 8.07. The fourth-order valence-corrected chi connectivity index (χ4v) is 2.22. The van der Waals surface area contributed by atoms with Crippen LogP contribution in [0.25, 0.3) is 0 Å². The summed E-state index contributed by atoms with van der Waals surface area (Å²) in [6, 6.07) is -0.555. The van der Waals surface area contributed by atoms with Crippen LogP contribution in [0.1, 0.15) is 32.1 Å². The van der Waals surface area contributed by atoms with Crippen molar-refractivity contribution < 1.29 is 14.8 Å². The van der Waals surface area contributed by atoms with Crippen molar-refractivity contribution >= 4 is 13.0 Å². The molecule has 1 unspecified atom stereocenters. The van der Waals surface area contributed by atoms with E-state index in [1.165, 1.54) is 4.90 Å². The summed E-state index contributed by atoms with van der Waals surface area (Å²) in [5.41, 5.74) is 11.2. The van der Waals surface area contributed by atoms with Crippen molar-refractivity contribution in [1.29, 1.82) is 0 Å². The van der Waals surface area contributed by atoms with E-state index in [2.05, 4.69) is 0 Å². The zero-order chi connectivity index (χ0) is 12.8. The fraction of sp³-hybridized carbons (Fsp3) is 0.900. The summed E-state index contributed by atoms with van der Waals surface area (Å²) in [5, 5.41) is 18.3. The molecule has 0 spiro atoms. The summed E-state index contributed by atoms with van der Waals surface area (Å²) in [5.74, 6) is -0.680. The lowest BCUT2D eigenvalue weighted by atomic mass is 9.77. The SMILES string of the molecule is NCCCCC(N)C(=O)N1CCC[C@H]1B(O)O. The maximum atomic E-state index is 12.0. The topological polar surface area (TPSA) is 113 Å². The number of nitrogens with two attached hydrogens (primary N) is 2. The molecule has 0 bridgehead atoms. The van der Waals surface area contributed by atoms with E-state index in [4.69, 9.17) is 11.5 Å². The molecule has 1 fully saturated rings. The molecule has 1 amide bonds. The van der Waals surface area contributed by atoms with Crippen LogP contribution in [0, 0.1) is 0 Å². The normalized spacial score (nSPS) is 21.6. The van der Waals surface area contributed by atoms with Crippen LogP contribution in [0.4, 0.5) is 0 Å². The molecule has 1 heterocycles. The minimum atomic E-state index is -1.47. The number of hydrogen-bond donors (Lipinski definition) is 4. The van der Waals surface area contributed by atoms with E-state index in [1.807, 2.05) is 0 Å². The Balaban J connectivity index is 2.45. The van der Waals surface area contributed by atoms with Gasteiger partial charge in [0.15, 0.2) is 0 Å². The predicted octanol–water partition coefficient (Wildman–Crippen LogP) is -1.55. The van der Waals surface area contributed by atoms with E-state index in [-0.39, 0.29) is 5.91 Å². The molecule has 1 saturated heterocycles. The third-order valence-corrected chi connectivity index (χ3v) is 3.21. The first-order valence-corrected chi connectivity index (χ1v) is 6.20. The van der Waals surface area contributed by atoms with Crippen LogP contribution >= 0.6 is 0 Å². The quantitative estimate of drug-likeness (QED) is 0.333. The molecule has 98 valence electrons. The molecule has 6 N–H and O–H groups in total. The van der Waals surface area contributed by atoms with Crippen molar-refractivity contribution in [3.8, 4) is 0 Å². The molecule has 7 heteroatoms. The van der Waals surface area contributed by atoms with Gasteiger partial charge in [-0.2, -0.15) is 0 Å². The van der Waals surface area contributed by atoms with Crippen molar-refractivity contribution in [2.45, 2.75) is 44.1 Å². The average Bonchev–Trinajstić information content (AvgIpc) is 2.77. The predicted molar refractivity (Wildman–Crippen MR) is 65.8 cm³/mol. The Morgan fingerprint density at radius 3 is 2.76 bits per heavy atom. The van der Waals surface area contributed by atoms with Crippen LogP contribution < -0.4 is 11.5 Å². The van der Waals surface area contributed by atoms with E-state index < -0.39 is 19.1 Å². The van der Waals surface area contributed by atoms with Crippen molar-refractivity contribution in [3.63, 3.8) is 0 Å². The first-order valence-electron chi connectivity index (χ1n) is 6.20. The highest BCUT2D eigenvalue weighted by atomic mass is 16.4. The molecule has 0 radical (unpaired) electrons. The molecule has 6 nitrogen and oxygen atoms in total. The molecule has 0 aliphatic carbocycles. The number of likely N-dealkylation sites (tertiary alicyclic amines) is 1. The highest BCUT2D eigenvalue weighted by Crippen LogP contribution is 2.19. The van der Waals surface area contributed by atoms with Gasteiger partial charge in [-0.3, -0.25) is 4.79 Å². The Bertz CT molecular complexity index is 253. The molecule has 2 atom stereocenters. The third kappa shape index (κ3) is 3.95. The maximum Gasteiger partial charge on any atom is 0.475 e. The number of carbonyl (C=O) groups is 1. The van der Waals surface area contributed by atoms with Gasteiger partial charge in [0.2, 0.25) is 5.91 Å². The zero-order valence-electron chi connectivity index (χ0n) is 10.1. The van der Waals surface area contributed by atoms with Crippen molar-refractivity contribution in [1.82, 2.24) is 4.90 Å². The van der Waals surface area contributed by atoms with Gasteiger partial charge < -0.3 is 26.4 Å². The fourth-order valence-electron chi connectivity index (χ4n) is 2.22. The monoisotopic (exact) mass is 243 g/mol. The second kappa shape index (κ2) is 6.95. The molecule has 0 aromatic carbocycles. The van der Waals surface area contributed by atoms with Crippen LogP contribution in [0.15, 0.2) is 0 Å². The minimum absolute atomic E-state index is 0.183. The Kier molecular flexibility index (Phi) is 5.90.